The van der Waals surface area contributed by atoms with E-state index in [1.54, 1.807) is 23.1 Å². The van der Waals surface area contributed by atoms with Gasteiger partial charge in [0.15, 0.2) is 6.61 Å². The average Bonchev–Trinajstić information content (AvgIpc) is 2.71. The molecule has 7 heteroatoms. The number of halogens is 1. The van der Waals surface area contributed by atoms with E-state index in [2.05, 4.69) is 5.32 Å². The van der Waals surface area contributed by atoms with Crippen molar-refractivity contribution in [3.63, 3.8) is 0 Å². The van der Waals surface area contributed by atoms with Gasteiger partial charge in [-0.2, -0.15) is 0 Å². The maximum absolute atomic E-state index is 12.5. The van der Waals surface area contributed by atoms with E-state index in [0.717, 1.165) is 11.1 Å². The number of rotatable bonds is 5. The number of aryl methyl sites for hydroxylation is 2. The van der Waals surface area contributed by atoms with E-state index in [1.165, 1.54) is 6.07 Å². The molecular weight excluding hydrogens is 392 g/mol. The molecule has 0 radical (unpaired) electrons. The summed E-state index contributed by atoms with van der Waals surface area (Å²) in [5.41, 5.74) is 2.11. The van der Waals surface area contributed by atoms with Gasteiger partial charge in [0.2, 0.25) is 0 Å². The number of piperidine rings is 1. The fraction of sp³-hybridized carbons (Fsp3) is 0.364. The zero-order valence-electron chi connectivity index (χ0n) is 16.6. The van der Waals surface area contributed by atoms with Crippen LogP contribution in [0.4, 0.5) is 0 Å². The molecule has 0 spiro atoms. The van der Waals surface area contributed by atoms with Gasteiger partial charge >= 0.3 is 0 Å². The molecule has 6 nitrogen and oxygen atoms in total. The van der Waals surface area contributed by atoms with Crippen LogP contribution in [0, 0.1) is 13.8 Å². The van der Waals surface area contributed by atoms with Crippen LogP contribution in [0.1, 0.15) is 34.3 Å². The standard InChI is InChI=1S/C22H25ClN2O4/c1-14-11-17(12-15(2)21(14)23)29-13-20(27)24-16-7-9-25(10-8-16)22(28)18-5-3-4-6-19(18)26/h3-6,11-12,16,26H,7-10,13H2,1-2H3,(H,24,27). The second kappa shape index (κ2) is 9.18. The predicted octanol–water partition coefficient (Wildman–Crippen LogP) is 3.46. The van der Waals surface area contributed by atoms with Crippen LogP contribution in [0.15, 0.2) is 36.4 Å². The molecule has 1 aliphatic rings. The molecule has 1 fully saturated rings. The molecule has 2 aromatic carbocycles. The number of carbonyl (C=O) groups is 2. The molecule has 0 atom stereocenters. The molecule has 0 unspecified atom stereocenters. The monoisotopic (exact) mass is 416 g/mol. The lowest BCUT2D eigenvalue weighted by Crippen LogP contribution is -2.47. The second-order valence-electron chi connectivity index (χ2n) is 7.31. The summed E-state index contributed by atoms with van der Waals surface area (Å²) in [6, 6.07) is 10.1. The van der Waals surface area contributed by atoms with Crippen LogP contribution in [0.2, 0.25) is 5.02 Å². The van der Waals surface area contributed by atoms with Crippen molar-refractivity contribution in [2.24, 2.45) is 0 Å². The first-order valence-electron chi connectivity index (χ1n) is 9.61. The maximum Gasteiger partial charge on any atom is 0.258 e. The summed E-state index contributed by atoms with van der Waals surface area (Å²) < 4.78 is 5.59. The van der Waals surface area contributed by atoms with E-state index in [9.17, 15) is 14.7 Å². The Morgan fingerprint density at radius 2 is 1.79 bits per heavy atom. The number of nitrogens with one attached hydrogen (secondary N) is 1. The fourth-order valence-corrected chi connectivity index (χ4v) is 3.57. The molecule has 3 rings (SSSR count). The predicted molar refractivity (Wildman–Crippen MR) is 112 cm³/mol. The highest BCUT2D eigenvalue weighted by atomic mass is 35.5. The number of phenols is 1. The number of hydrogen-bond acceptors (Lipinski definition) is 4. The van der Waals surface area contributed by atoms with Gasteiger partial charge in [0.25, 0.3) is 11.8 Å². The maximum atomic E-state index is 12.5. The van der Waals surface area contributed by atoms with Gasteiger partial charge < -0.3 is 20.1 Å². The van der Waals surface area contributed by atoms with Gasteiger partial charge in [-0.1, -0.05) is 23.7 Å². The quantitative estimate of drug-likeness (QED) is 0.782. The molecule has 2 N–H and O–H groups in total. The lowest BCUT2D eigenvalue weighted by atomic mass is 10.0. The van der Waals surface area contributed by atoms with Crippen LogP contribution < -0.4 is 10.1 Å². The van der Waals surface area contributed by atoms with Gasteiger partial charge in [-0.25, -0.2) is 0 Å². The Morgan fingerprint density at radius 1 is 1.17 bits per heavy atom. The number of phenolic OH excluding ortho intramolecular Hbond substituents is 1. The van der Waals surface area contributed by atoms with Gasteiger partial charge in [0.1, 0.15) is 11.5 Å². The number of nitrogens with zero attached hydrogens (tertiary/aromatic N) is 1. The summed E-state index contributed by atoms with van der Waals surface area (Å²) in [5.74, 6) is 0.214. The van der Waals surface area contributed by atoms with Crippen molar-refractivity contribution in [2.75, 3.05) is 19.7 Å². The number of aromatic hydroxyl groups is 1. The van der Waals surface area contributed by atoms with Crippen LogP contribution >= 0.6 is 11.6 Å². The minimum Gasteiger partial charge on any atom is -0.507 e. The highest BCUT2D eigenvalue weighted by Crippen LogP contribution is 2.26. The molecule has 29 heavy (non-hydrogen) atoms. The topological polar surface area (TPSA) is 78.9 Å². The van der Waals surface area contributed by atoms with Crippen molar-refractivity contribution in [3.8, 4) is 11.5 Å². The summed E-state index contributed by atoms with van der Waals surface area (Å²) in [5, 5.41) is 13.5. The zero-order chi connectivity index (χ0) is 21.0. The normalized spacial score (nSPS) is 14.5. The van der Waals surface area contributed by atoms with Crippen molar-refractivity contribution in [2.45, 2.75) is 32.7 Å². The van der Waals surface area contributed by atoms with Gasteiger partial charge in [0, 0.05) is 24.2 Å². The Labute approximate surface area is 175 Å². The molecule has 2 aromatic rings. The van der Waals surface area contributed by atoms with Crippen LogP contribution in [-0.2, 0) is 4.79 Å². The van der Waals surface area contributed by atoms with Gasteiger partial charge in [-0.15, -0.1) is 0 Å². The highest BCUT2D eigenvalue weighted by Gasteiger charge is 2.25. The van der Waals surface area contributed by atoms with E-state index in [4.69, 9.17) is 16.3 Å². The second-order valence-corrected chi connectivity index (χ2v) is 7.69. The van der Waals surface area contributed by atoms with Crippen molar-refractivity contribution < 1.29 is 19.4 Å². The third-order valence-corrected chi connectivity index (χ3v) is 5.66. The lowest BCUT2D eigenvalue weighted by Gasteiger charge is -2.32. The minimum atomic E-state index is -0.194. The Kier molecular flexibility index (Phi) is 6.64. The molecule has 0 aliphatic carbocycles. The summed E-state index contributed by atoms with van der Waals surface area (Å²) in [6.45, 7) is 4.76. The van der Waals surface area contributed by atoms with Crippen LogP contribution in [-0.4, -0.2) is 47.6 Å². The number of likely N-dealkylation sites (tertiary alicyclic amines) is 1. The highest BCUT2D eigenvalue weighted by molar-refractivity contribution is 6.32. The van der Waals surface area contributed by atoms with Gasteiger partial charge in [0.05, 0.1) is 5.56 Å². The molecule has 0 aromatic heterocycles. The number of ether oxygens (including phenoxy) is 1. The van der Waals surface area contributed by atoms with E-state index in [-0.39, 0.29) is 30.2 Å². The molecule has 154 valence electrons. The third kappa shape index (κ3) is 5.21. The fourth-order valence-electron chi connectivity index (χ4n) is 3.46. The van der Waals surface area contributed by atoms with Crippen molar-refractivity contribution >= 4 is 23.4 Å². The zero-order valence-corrected chi connectivity index (χ0v) is 17.3. The number of para-hydroxylation sites is 1. The molecule has 1 aliphatic heterocycles. The first-order valence-corrected chi connectivity index (χ1v) is 9.99. The van der Waals surface area contributed by atoms with Crippen molar-refractivity contribution in [1.82, 2.24) is 10.2 Å². The Balaban J connectivity index is 1.46. The third-order valence-electron chi connectivity index (χ3n) is 5.06. The Morgan fingerprint density at radius 3 is 2.41 bits per heavy atom. The number of carbonyl (C=O) groups excluding carboxylic acids is 2. The molecule has 0 bridgehead atoms. The smallest absolute Gasteiger partial charge is 0.258 e. The Hall–Kier alpha value is -2.73. The number of hydrogen-bond donors (Lipinski definition) is 2. The SMILES string of the molecule is Cc1cc(OCC(=O)NC2CCN(C(=O)c3ccccc3O)CC2)cc(C)c1Cl. The van der Waals surface area contributed by atoms with E-state index < -0.39 is 0 Å². The first-order chi connectivity index (χ1) is 13.8. The van der Waals surface area contributed by atoms with Crippen LogP contribution in [0.5, 0.6) is 11.5 Å². The molecule has 2 amide bonds. The van der Waals surface area contributed by atoms with Crippen LogP contribution in [0.3, 0.4) is 0 Å². The summed E-state index contributed by atoms with van der Waals surface area (Å²) in [6.07, 6.45) is 1.31. The van der Waals surface area contributed by atoms with Gasteiger partial charge in [-0.3, -0.25) is 9.59 Å². The van der Waals surface area contributed by atoms with Crippen molar-refractivity contribution in [1.29, 1.82) is 0 Å². The molecule has 1 saturated heterocycles. The molecular formula is C22H25ClN2O4. The van der Waals surface area contributed by atoms with E-state index >= 15 is 0 Å². The largest absolute Gasteiger partial charge is 0.507 e. The summed E-state index contributed by atoms with van der Waals surface area (Å²) >= 11 is 6.15. The Bertz CT molecular complexity index is 884. The van der Waals surface area contributed by atoms with Crippen molar-refractivity contribution in [3.05, 3.63) is 58.1 Å². The van der Waals surface area contributed by atoms with Crippen LogP contribution in [0.25, 0.3) is 0 Å². The summed E-state index contributed by atoms with van der Waals surface area (Å²) in [7, 11) is 0. The number of amides is 2. The average molecular weight is 417 g/mol. The number of benzene rings is 2. The minimum absolute atomic E-state index is 0.00629. The van der Waals surface area contributed by atoms with E-state index in [0.29, 0.717) is 42.3 Å². The molecule has 0 saturated carbocycles. The van der Waals surface area contributed by atoms with E-state index in [1.807, 2.05) is 26.0 Å². The summed E-state index contributed by atoms with van der Waals surface area (Å²) in [4.78, 5) is 26.5. The first kappa shape index (κ1) is 21.0. The van der Waals surface area contributed by atoms with Gasteiger partial charge in [-0.05, 0) is 62.1 Å². The lowest BCUT2D eigenvalue weighted by molar-refractivity contribution is -0.124. The molecule has 1 heterocycles.